The standard InChI is InChI=1S/C26H23F2N5O/c1-16-4-7-20(11-22(16)27)32(3)26(34)21-8-5-17(10-23(21)28)24-13-29-25-9-6-18(15-33(24)25)19-12-30-31(2)14-19/h4-11,13-15,30H,12H2,1-3H3. The molecule has 0 unspecified atom stereocenters. The van der Waals surface area contributed by atoms with E-state index in [0.717, 1.165) is 23.3 Å². The third-order valence-corrected chi connectivity index (χ3v) is 6.09. The van der Waals surface area contributed by atoms with Gasteiger partial charge in [0.05, 0.1) is 17.5 Å². The van der Waals surface area contributed by atoms with Crippen LogP contribution in [-0.2, 0) is 0 Å². The number of hydrogen-bond donors (Lipinski definition) is 1. The monoisotopic (exact) mass is 459 g/mol. The van der Waals surface area contributed by atoms with Crippen LogP contribution in [0.3, 0.4) is 0 Å². The maximum atomic E-state index is 15.1. The number of halogens is 2. The number of imidazole rings is 1. The predicted molar refractivity (Wildman–Crippen MR) is 128 cm³/mol. The Balaban J connectivity index is 1.47. The molecule has 0 spiro atoms. The summed E-state index contributed by atoms with van der Waals surface area (Å²) < 4.78 is 31.0. The highest BCUT2D eigenvalue weighted by atomic mass is 19.1. The molecule has 1 amide bonds. The van der Waals surface area contributed by atoms with Gasteiger partial charge in [0.2, 0.25) is 0 Å². The number of benzene rings is 2. The zero-order valence-corrected chi connectivity index (χ0v) is 19.0. The minimum absolute atomic E-state index is 0.0908. The maximum absolute atomic E-state index is 15.1. The topological polar surface area (TPSA) is 52.9 Å². The number of pyridine rings is 1. The second-order valence-corrected chi connectivity index (χ2v) is 8.38. The van der Waals surface area contributed by atoms with Gasteiger partial charge in [0.15, 0.2) is 0 Å². The van der Waals surface area contributed by atoms with Crippen molar-refractivity contribution in [3.8, 4) is 11.3 Å². The quantitative estimate of drug-likeness (QED) is 0.483. The van der Waals surface area contributed by atoms with E-state index in [1.54, 1.807) is 31.3 Å². The molecule has 0 saturated heterocycles. The van der Waals surface area contributed by atoms with Crippen LogP contribution in [-0.4, -0.2) is 40.9 Å². The van der Waals surface area contributed by atoms with Crippen LogP contribution < -0.4 is 10.3 Å². The highest BCUT2D eigenvalue weighted by Gasteiger charge is 2.20. The van der Waals surface area contributed by atoms with Gasteiger partial charge in [-0.1, -0.05) is 12.1 Å². The van der Waals surface area contributed by atoms with Crippen LogP contribution in [0.15, 0.2) is 67.1 Å². The number of fused-ring (bicyclic) bond motifs is 1. The molecule has 0 saturated carbocycles. The summed E-state index contributed by atoms with van der Waals surface area (Å²) in [6, 6.07) is 12.9. The van der Waals surface area contributed by atoms with Crippen molar-refractivity contribution in [2.75, 3.05) is 25.5 Å². The molecule has 8 heteroatoms. The largest absolute Gasteiger partial charge is 0.318 e. The minimum Gasteiger partial charge on any atom is -0.318 e. The molecule has 0 fully saturated rings. The number of nitrogens with zero attached hydrogens (tertiary/aromatic N) is 4. The van der Waals surface area contributed by atoms with Crippen molar-refractivity contribution in [2.24, 2.45) is 0 Å². The molecule has 6 nitrogen and oxygen atoms in total. The van der Waals surface area contributed by atoms with Gasteiger partial charge in [-0.2, -0.15) is 0 Å². The second kappa shape index (κ2) is 8.39. The van der Waals surface area contributed by atoms with Gasteiger partial charge in [-0.25, -0.2) is 19.2 Å². The number of hydrazine groups is 1. The van der Waals surface area contributed by atoms with Crippen molar-refractivity contribution in [3.63, 3.8) is 0 Å². The summed E-state index contributed by atoms with van der Waals surface area (Å²) in [7, 11) is 3.43. The fraction of sp³-hybridized carbons (Fsp3) is 0.154. The molecule has 5 rings (SSSR count). The van der Waals surface area contributed by atoms with E-state index in [2.05, 4.69) is 10.4 Å². The lowest BCUT2D eigenvalue weighted by atomic mass is 10.1. The van der Waals surface area contributed by atoms with E-state index in [4.69, 9.17) is 0 Å². The Kier molecular flexibility index (Phi) is 5.37. The fourth-order valence-electron chi connectivity index (χ4n) is 4.03. The van der Waals surface area contributed by atoms with E-state index in [-0.39, 0.29) is 5.56 Å². The third-order valence-electron chi connectivity index (χ3n) is 6.09. The first kappa shape index (κ1) is 21.8. The van der Waals surface area contributed by atoms with Crippen LogP contribution in [0.1, 0.15) is 21.5 Å². The van der Waals surface area contributed by atoms with Crippen molar-refractivity contribution < 1.29 is 13.6 Å². The summed E-state index contributed by atoms with van der Waals surface area (Å²) in [6.45, 7) is 2.36. The maximum Gasteiger partial charge on any atom is 0.260 e. The van der Waals surface area contributed by atoms with Gasteiger partial charge in [-0.3, -0.25) is 9.20 Å². The van der Waals surface area contributed by atoms with Crippen LogP contribution in [0.2, 0.25) is 0 Å². The molecule has 172 valence electrons. The summed E-state index contributed by atoms with van der Waals surface area (Å²) in [4.78, 5) is 18.6. The SMILES string of the molecule is Cc1ccc(N(C)C(=O)c2ccc(-c3cnc4ccc(C5=CN(C)NC5)cn34)cc2F)cc1F. The molecule has 2 aromatic carbocycles. The molecule has 34 heavy (non-hydrogen) atoms. The van der Waals surface area contributed by atoms with Crippen molar-refractivity contribution in [2.45, 2.75) is 6.92 Å². The van der Waals surface area contributed by atoms with Crippen molar-refractivity contribution in [1.82, 2.24) is 19.8 Å². The fourth-order valence-corrected chi connectivity index (χ4v) is 4.03. The van der Waals surface area contributed by atoms with Crippen LogP contribution in [0.25, 0.3) is 22.5 Å². The Morgan fingerprint density at radius 3 is 2.56 bits per heavy atom. The van der Waals surface area contributed by atoms with Gasteiger partial charge in [-0.05, 0) is 60.0 Å². The van der Waals surface area contributed by atoms with Crippen molar-refractivity contribution in [3.05, 3.63) is 95.4 Å². The van der Waals surface area contributed by atoms with Crippen molar-refractivity contribution >= 4 is 22.8 Å². The first-order valence-corrected chi connectivity index (χ1v) is 10.8. The smallest absolute Gasteiger partial charge is 0.260 e. The van der Waals surface area contributed by atoms with Crippen LogP contribution in [0.5, 0.6) is 0 Å². The number of amides is 1. The molecule has 1 N–H and O–H groups in total. The Morgan fingerprint density at radius 1 is 1.06 bits per heavy atom. The first-order valence-electron chi connectivity index (χ1n) is 10.8. The van der Waals surface area contributed by atoms with Gasteiger partial charge < -0.3 is 9.91 Å². The Labute approximate surface area is 195 Å². The van der Waals surface area contributed by atoms with E-state index in [1.807, 2.05) is 41.0 Å². The number of nitrogens with one attached hydrogen (secondary N) is 1. The molecule has 0 atom stereocenters. The summed E-state index contributed by atoms with van der Waals surface area (Å²) in [5, 5.41) is 1.90. The number of carbonyl (C=O) groups excluding carboxylic acids is 1. The normalized spacial score (nSPS) is 13.4. The molecule has 2 aromatic heterocycles. The predicted octanol–water partition coefficient (Wildman–Crippen LogP) is 4.66. The van der Waals surface area contributed by atoms with Gasteiger partial charge in [0.25, 0.3) is 5.91 Å². The number of hydrogen-bond acceptors (Lipinski definition) is 4. The zero-order valence-electron chi connectivity index (χ0n) is 19.0. The number of aromatic nitrogens is 2. The second-order valence-electron chi connectivity index (χ2n) is 8.38. The lowest BCUT2D eigenvalue weighted by Crippen LogP contribution is -2.27. The molecular weight excluding hydrogens is 436 g/mol. The summed E-state index contributed by atoms with van der Waals surface area (Å²) >= 11 is 0. The zero-order chi connectivity index (χ0) is 24.0. The van der Waals surface area contributed by atoms with Gasteiger partial charge >= 0.3 is 0 Å². The molecule has 0 bridgehead atoms. The Bertz CT molecular complexity index is 1460. The van der Waals surface area contributed by atoms with E-state index >= 15 is 4.39 Å². The molecule has 1 aliphatic heterocycles. The van der Waals surface area contributed by atoms with Gasteiger partial charge in [0.1, 0.15) is 17.3 Å². The van der Waals surface area contributed by atoms with Crippen LogP contribution >= 0.6 is 0 Å². The highest BCUT2D eigenvalue weighted by molar-refractivity contribution is 6.06. The van der Waals surface area contributed by atoms with Crippen molar-refractivity contribution in [1.29, 1.82) is 0 Å². The summed E-state index contributed by atoms with van der Waals surface area (Å²) in [6.07, 6.45) is 5.68. The third kappa shape index (κ3) is 3.82. The van der Waals surface area contributed by atoms with E-state index < -0.39 is 17.5 Å². The van der Waals surface area contributed by atoms with E-state index in [9.17, 15) is 9.18 Å². The first-order chi connectivity index (χ1) is 16.3. The molecule has 0 aliphatic carbocycles. The summed E-state index contributed by atoms with van der Waals surface area (Å²) in [5.74, 6) is -1.63. The van der Waals surface area contributed by atoms with Gasteiger partial charge in [0, 0.05) is 44.3 Å². The lowest BCUT2D eigenvalue weighted by molar-refractivity contribution is 0.0989. The number of anilines is 1. The molecule has 3 heterocycles. The molecule has 4 aromatic rings. The number of rotatable bonds is 4. The summed E-state index contributed by atoms with van der Waals surface area (Å²) in [5.41, 5.74) is 8.16. The number of carbonyl (C=O) groups is 1. The number of aryl methyl sites for hydroxylation is 1. The Morgan fingerprint density at radius 2 is 1.85 bits per heavy atom. The average molecular weight is 460 g/mol. The van der Waals surface area contributed by atoms with Crippen LogP contribution in [0.4, 0.5) is 14.5 Å². The highest BCUT2D eigenvalue weighted by Crippen LogP contribution is 2.27. The minimum atomic E-state index is -0.655. The Hall–Kier alpha value is -4.04. The van der Waals surface area contributed by atoms with E-state index in [1.165, 1.54) is 30.1 Å². The molecule has 0 radical (unpaired) electrons. The molecule has 1 aliphatic rings. The van der Waals surface area contributed by atoms with E-state index in [0.29, 0.717) is 22.5 Å². The molecular formula is C26H23F2N5O. The lowest BCUT2D eigenvalue weighted by Gasteiger charge is -2.18. The average Bonchev–Trinajstić information content (AvgIpc) is 3.45. The van der Waals surface area contributed by atoms with Gasteiger partial charge in [-0.15, -0.1) is 0 Å². The van der Waals surface area contributed by atoms with Crippen LogP contribution in [0, 0.1) is 18.6 Å².